The Labute approximate surface area is 190 Å². The van der Waals surface area contributed by atoms with Gasteiger partial charge in [0.15, 0.2) is 0 Å². The van der Waals surface area contributed by atoms with Gasteiger partial charge in [0.1, 0.15) is 18.0 Å². The van der Waals surface area contributed by atoms with Crippen molar-refractivity contribution in [3.05, 3.63) is 29.2 Å². The fraction of sp³-hybridized carbons (Fsp3) is 0.652. The molecule has 0 unspecified atom stereocenters. The average Bonchev–Trinajstić information content (AvgIpc) is 2.73. The summed E-state index contributed by atoms with van der Waals surface area (Å²) in [5.41, 5.74) is 6.93. The highest BCUT2D eigenvalue weighted by Crippen LogP contribution is 2.26. The number of rotatable bonds is 9. The molecule has 8 nitrogen and oxygen atoms in total. The highest BCUT2D eigenvalue weighted by molar-refractivity contribution is 5.68. The van der Waals surface area contributed by atoms with Crippen LogP contribution in [0.4, 0.5) is 9.18 Å². The van der Waals surface area contributed by atoms with Crippen molar-refractivity contribution in [1.29, 1.82) is 0 Å². The van der Waals surface area contributed by atoms with E-state index in [1.54, 1.807) is 20.2 Å². The first-order chi connectivity index (χ1) is 15.0. The number of aromatic nitrogens is 1. The van der Waals surface area contributed by atoms with Crippen LogP contribution in [-0.4, -0.2) is 60.0 Å². The quantitative estimate of drug-likeness (QED) is 0.435. The molecule has 1 amide bonds. The number of likely N-dealkylation sites (N-methyl/N-ethyl adjacent to an activating group) is 1. The van der Waals surface area contributed by atoms with Crippen molar-refractivity contribution in [2.45, 2.75) is 71.1 Å². The Morgan fingerprint density at radius 3 is 2.47 bits per heavy atom. The maximum atomic E-state index is 13.7. The molecule has 1 aliphatic rings. The fourth-order valence-corrected chi connectivity index (χ4v) is 3.47. The number of aryl methyl sites for hydroxylation is 1. The Morgan fingerprint density at radius 1 is 1.25 bits per heavy atom. The lowest BCUT2D eigenvalue weighted by atomic mass is 9.98. The number of ether oxygens (including phenoxy) is 2. The van der Waals surface area contributed by atoms with E-state index in [2.05, 4.69) is 4.98 Å². The Bertz CT molecular complexity index is 801. The number of hydrogen-bond donors (Lipinski definition) is 2. The summed E-state index contributed by atoms with van der Waals surface area (Å²) >= 11 is 0. The second-order valence-electron chi connectivity index (χ2n) is 9.07. The molecule has 0 aliphatic heterocycles. The third-order valence-corrected chi connectivity index (χ3v) is 5.58. The molecule has 1 fully saturated rings. The topological polar surface area (TPSA) is 107 Å². The standard InChI is InChI=1S/C23H38FN5O3/c1-16-20(32-17-9-7-6-8-10-17)12-11-18(27-16)21(25)19(29(5)26)15-31-22(30)28(4)14-13-23(2,3)24/h11-12,17H,6-10,13-15,25-26H2,1-5H3/b21-19-. The van der Waals surface area contributed by atoms with Gasteiger partial charge in [0.05, 0.1) is 28.9 Å². The Balaban J connectivity index is 2.06. The number of carbonyl (C=O) groups is 1. The van der Waals surface area contributed by atoms with Crippen LogP contribution in [0.3, 0.4) is 0 Å². The minimum absolute atomic E-state index is 0.137. The maximum absolute atomic E-state index is 13.7. The predicted octanol–water partition coefficient (Wildman–Crippen LogP) is 3.74. The van der Waals surface area contributed by atoms with Crippen LogP contribution < -0.4 is 16.3 Å². The lowest BCUT2D eigenvalue weighted by molar-refractivity contribution is 0.104. The molecule has 180 valence electrons. The van der Waals surface area contributed by atoms with Crippen LogP contribution in [0.2, 0.25) is 0 Å². The van der Waals surface area contributed by atoms with E-state index in [1.807, 2.05) is 13.0 Å². The number of nitrogens with two attached hydrogens (primary N) is 2. The summed E-state index contributed by atoms with van der Waals surface area (Å²) in [7, 11) is 3.17. The van der Waals surface area contributed by atoms with Gasteiger partial charge in [-0.3, -0.25) is 0 Å². The number of hydrogen-bond acceptors (Lipinski definition) is 7. The molecule has 0 bridgehead atoms. The lowest BCUT2D eigenvalue weighted by Crippen LogP contribution is -2.35. The number of amides is 1. The molecular weight excluding hydrogens is 413 g/mol. The van der Waals surface area contributed by atoms with Gasteiger partial charge in [-0.05, 0) is 65.0 Å². The van der Waals surface area contributed by atoms with Crippen LogP contribution in [0.25, 0.3) is 5.70 Å². The molecule has 9 heteroatoms. The van der Waals surface area contributed by atoms with Gasteiger partial charge in [-0.15, -0.1) is 0 Å². The highest BCUT2D eigenvalue weighted by Gasteiger charge is 2.21. The largest absolute Gasteiger partial charge is 0.489 e. The van der Waals surface area contributed by atoms with E-state index < -0.39 is 11.8 Å². The summed E-state index contributed by atoms with van der Waals surface area (Å²) in [6, 6.07) is 3.65. The molecule has 1 aliphatic carbocycles. The summed E-state index contributed by atoms with van der Waals surface area (Å²) in [5.74, 6) is 6.68. The Morgan fingerprint density at radius 2 is 1.91 bits per heavy atom. The summed E-state index contributed by atoms with van der Waals surface area (Å²) in [6.45, 7) is 4.91. The molecule has 0 radical (unpaired) electrons. The third kappa shape index (κ3) is 7.85. The van der Waals surface area contributed by atoms with E-state index in [9.17, 15) is 9.18 Å². The van der Waals surface area contributed by atoms with Gasteiger partial charge in [-0.25, -0.2) is 20.0 Å². The van der Waals surface area contributed by atoms with Gasteiger partial charge in [0, 0.05) is 20.6 Å². The zero-order valence-corrected chi connectivity index (χ0v) is 20.0. The number of pyridine rings is 1. The van der Waals surface area contributed by atoms with Gasteiger partial charge in [-0.1, -0.05) is 6.42 Å². The first-order valence-corrected chi connectivity index (χ1v) is 11.2. The molecule has 0 saturated heterocycles. The number of nitrogens with zero attached hydrogens (tertiary/aromatic N) is 3. The van der Waals surface area contributed by atoms with Crippen LogP contribution in [0.15, 0.2) is 17.8 Å². The van der Waals surface area contributed by atoms with Crippen molar-refractivity contribution in [3.8, 4) is 5.75 Å². The first kappa shape index (κ1) is 25.7. The van der Waals surface area contributed by atoms with Gasteiger partial charge in [-0.2, -0.15) is 0 Å². The molecule has 0 spiro atoms. The van der Waals surface area contributed by atoms with Crippen molar-refractivity contribution in [3.63, 3.8) is 0 Å². The van der Waals surface area contributed by atoms with Gasteiger partial charge < -0.3 is 25.1 Å². The predicted molar refractivity (Wildman–Crippen MR) is 123 cm³/mol. The van der Waals surface area contributed by atoms with Gasteiger partial charge >= 0.3 is 6.09 Å². The zero-order chi connectivity index (χ0) is 23.9. The number of halogens is 1. The minimum Gasteiger partial charge on any atom is -0.489 e. The summed E-state index contributed by atoms with van der Waals surface area (Å²) in [6.07, 6.45) is 5.63. The molecular formula is C23H38FN5O3. The lowest BCUT2D eigenvalue weighted by Gasteiger charge is -2.24. The van der Waals surface area contributed by atoms with Crippen LogP contribution >= 0.6 is 0 Å². The second kappa shape index (κ2) is 11.4. The summed E-state index contributed by atoms with van der Waals surface area (Å²) in [4.78, 5) is 18.2. The molecule has 1 heterocycles. The summed E-state index contributed by atoms with van der Waals surface area (Å²) in [5, 5.41) is 1.30. The monoisotopic (exact) mass is 451 g/mol. The van der Waals surface area contributed by atoms with Crippen molar-refractivity contribution in [1.82, 2.24) is 14.9 Å². The highest BCUT2D eigenvalue weighted by atomic mass is 19.1. The normalized spacial score (nSPS) is 15.7. The van der Waals surface area contributed by atoms with Crippen LogP contribution in [0.1, 0.15) is 63.8 Å². The molecule has 1 saturated carbocycles. The minimum atomic E-state index is -1.36. The Kier molecular flexibility index (Phi) is 9.12. The number of alkyl halides is 1. The SMILES string of the molecule is Cc1nc(/C(N)=C(\COC(=O)N(C)CCC(C)(C)F)N(C)N)ccc1OC1CCCCC1. The fourth-order valence-electron chi connectivity index (χ4n) is 3.47. The molecule has 1 aromatic rings. The number of carbonyl (C=O) groups excluding carboxylic acids is 1. The molecule has 4 N–H and O–H groups in total. The van der Waals surface area contributed by atoms with Crippen molar-refractivity contribution >= 4 is 11.8 Å². The first-order valence-electron chi connectivity index (χ1n) is 11.2. The number of hydrazine groups is 1. The molecule has 32 heavy (non-hydrogen) atoms. The van der Waals surface area contributed by atoms with Gasteiger partial charge in [0.25, 0.3) is 0 Å². The Hall–Kier alpha value is -2.55. The van der Waals surface area contributed by atoms with E-state index in [0.29, 0.717) is 17.1 Å². The van der Waals surface area contributed by atoms with Crippen LogP contribution in [-0.2, 0) is 4.74 Å². The van der Waals surface area contributed by atoms with E-state index in [4.69, 9.17) is 21.1 Å². The van der Waals surface area contributed by atoms with E-state index in [0.717, 1.165) is 24.3 Å². The van der Waals surface area contributed by atoms with Crippen LogP contribution in [0, 0.1) is 6.92 Å². The average molecular weight is 452 g/mol. The molecule has 1 aromatic heterocycles. The maximum Gasteiger partial charge on any atom is 0.409 e. The van der Waals surface area contributed by atoms with Crippen molar-refractivity contribution in [2.24, 2.45) is 11.6 Å². The third-order valence-electron chi connectivity index (χ3n) is 5.58. The zero-order valence-electron chi connectivity index (χ0n) is 20.0. The molecule has 2 rings (SSSR count). The molecule has 0 aromatic carbocycles. The van der Waals surface area contributed by atoms with E-state index >= 15 is 0 Å². The van der Waals surface area contributed by atoms with Crippen molar-refractivity contribution in [2.75, 3.05) is 27.2 Å². The van der Waals surface area contributed by atoms with Gasteiger partial charge in [0.2, 0.25) is 0 Å². The smallest absolute Gasteiger partial charge is 0.409 e. The van der Waals surface area contributed by atoms with Crippen molar-refractivity contribution < 1.29 is 18.7 Å². The van der Waals surface area contributed by atoms with E-state index in [1.165, 1.54) is 43.0 Å². The van der Waals surface area contributed by atoms with E-state index in [-0.39, 0.29) is 25.7 Å². The second-order valence-corrected chi connectivity index (χ2v) is 9.07. The van der Waals surface area contributed by atoms with Crippen LogP contribution in [0.5, 0.6) is 5.75 Å². The molecule has 0 atom stereocenters. The summed E-state index contributed by atoms with van der Waals surface area (Å²) < 4.78 is 25.1.